The molecule has 0 atom stereocenters. The van der Waals surface area contributed by atoms with Gasteiger partial charge in [0.05, 0.1) is 6.54 Å². The fourth-order valence-electron chi connectivity index (χ4n) is 2.71. The molecule has 1 heterocycles. The van der Waals surface area contributed by atoms with Crippen LogP contribution in [-0.2, 0) is 6.54 Å². The van der Waals surface area contributed by atoms with E-state index < -0.39 is 0 Å². The summed E-state index contributed by atoms with van der Waals surface area (Å²) in [5, 5.41) is 0.945. The van der Waals surface area contributed by atoms with Crippen molar-refractivity contribution in [3.8, 4) is 5.75 Å². The zero-order valence-corrected chi connectivity index (χ0v) is 12.3. The second kappa shape index (κ2) is 6.02. The number of fused-ring (bicyclic) bond motifs is 1. The van der Waals surface area contributed by atoms with Gasteiger partial charge in [-0.25, -0.2) is 4.39 Å². The first-order valence-corrected chi connectivity index (χ1v) is 7.12. The Morgan fingerprint density at radius 2 is 2.00 bits per heavy atom. The molecule has 22 heavy (non-hydrogen) atoms. The number of rotatable bonds is 5. The first kappa shape index (κ1) is 14.3. The van der Waals surface area contributed by atoms with E-state index in [-0.39, 0.29) is 5.82 Å². The van der Waals surface area contributed by atoms with Gasteiger partial charge in [-0.15, -0.1) is 0 Å². The lowest BCUT2D eigenvalue weighted by Crippen LogP contribution is -2.09. The van der Waals surface area contributed by atoms with Gasteiger partial charge in [0.15, 0.2) is 6.29 Å². The van der Waals surface area contributed by atoms with Gasteiger partial charge in [0, 0.05) is 28.2 Å². The molecule has 0 N–H and O–H groups in total. The molecule has 0 radical (unpaired) electrons. The van der Waals surface area contributed by atoms with E-state index in [1.54, 1.807) is 12.1 Å². The van der Waals surface area contributed by atoms with Gasteiger partial charge in [-0.1, -0.05) is 24.3 Å². The lowest BCUT2D eigenvalue weighted by atomic mass is 10.1. The predicted octanol–water partition coefficient (Wildman–Crippen LogP) is 3.98. The lowest BCUT2D eigenvalue weighted by Gasteiger charge is -2.10. The molecule has 0 aliphatic rings. The van der Waals surface area contributed by atoms with E-state index in [1.807, 2.05) is 31.2 Å². The van der Waals surface area contributed by atoms with Crippen molar-refractivity contribution in [1.29, 1.82) is 0 Å². The third kappa shape index (κ3) is 2.60. The van der Waals surface area contributed by atoms with Gasteiger partial charge in [-0.3, -0.25) is 4.79 Å². The van der Waals surface area contributed by atoms with Crippen LogP contribution in [0.5, 0.6) is 5.75 Å². The van der Waals surface area contributed by atoms with E-state index in [0.717, 1.165) is 22.9 Å². The van der Waals surface area contributed by atoms with Gasteiger partial charge in [0.25, 0.3) is 0 Å². The van der Waals surface area contributed by atoms with Crippen LogP contribution in [0.3, 0.4) is 0 Å². The minimum Gasteiger partial charge on any atom is -0.492 e. The van der Waals surface area contributed by atoms with Crippen molar-refractivity contribution >= 4 is 17.2 Å². The number of para-hydroxylation sites is 1. The van der Waals surface area contributed by atoms with Crippen LogP contribution in [0.2, 0.25) is 0 Å². The number of carbonyl (C=O) groups excluding carboxylic acids is 1. The van der Waals surface area contributed by atoms with Gasteiger partial charge in [-0.05, 0) is 25.1 Å². The van der Waals surface area contributed by atoms with Gasteiger partial charge < -0.3 is 9.30 Å². The highest BCUT2D eigenvalue weighted by Crippen LogP contribution is 2.24. The molecule has 3 nitrogen and oxygen atoms in total. The molecule has 0 bridgehead atoms. The Balaban J connectivity index is 1.82. The monoisotopic (exact) mass is 297 g/mol. The minimum atomic E-state index is -0.316. The molecule has 0 aliphatic heterocycles. The Morgan fingerprint density at radius 1 is 1.18 bits per heavy atom. The van der Waals surface area contributed by atoms with Crippen molar-refractivity contribution in [2.45, 2.75) is 13.5 Å². The molecule has 0 unspecified atom stereocenters. The van der Waals surface area contributed by atoms with E-state index in [4.69, 9.17) is 4.74 Å². The Morgan fingerprint density at radius 3 is 2.77 bits per heavy atom. The van der Waals surface area contributed by atoms with Gasteiger partial charge in [-0.2, -0.15) is 0 Å². The maximum absolute atomic E-state index is 13.1. The molecule has 3 aromatic rings. The number of benzene rings is 2. The summed E-state index contributed by atoms with van der Waals surface area (Å²) in [4.78, 5) is 11.3. The van der Waals surface area contributed by atoms with E-state index in [0.29, 0.717) is 24.5 Å². The maximum atomic E-state index is 13.1. The summed E-state index contributed by atoms with van der Waals surface area (Å²) in [5.41, 5.74) is 2.63. The van der Waals surface area contributed by atoms with Gasteiger partial charge in [0.1, 0.15) is 18.2 Å². The van der Waals surface area contributed by atoms with Crippen molar-refractivity contribution in [2.75, 3.05) is 6.61 Å². The molecule has 0 amide bonds. The molecule has 0 saturated carbocycles. The largest absolute Gasteiger partial charge is 0.492 e. The quantitative estimate of drug-likeness (QED) is 0.667. The normalized spacial score (nSPS) is 10.8. The van der Waals surface area contributed by atoms with E-state index in [9.17, 15) is 9.18 Å². The molecule has 0 spiro atoms. The standard InChI is InChI=1S/C18H16FNO2/c1-13-17(12-21)16-7-2-3-8-18(16)20(13)9-10-22-15-6-4-5-14(19)11-15/h2-8,11-12H,9-10H2,1H3. The highest BCUT2D eigenvalue weighted by atomic mass is 19.1. The molecule has 3 rings (SSSR count). The molecule has 0 saturated heterocycles. The van der Waals surface area contributed by atoms with Crippen LogP contribution in [0.25, 0.3) is 10.9 Å². The summed E-state index contributed by atoms with van der Waals surface area (Å²) in [6.07, 6.45) is 0.890. The average molecular weight is 297 g/mol. The number of aldehydes is 1. The van der Waals surface area contributed by atoms with Crippen LogP contribution in [-0.4, -0.2) is 17.5 Å². The Bertz CT molecular complexity index is 823. The average Bonchev–Trinajstić information content (AvgIpc) is 2.79. The minimum absolute atomic E-state index is 0.316. The zero-order valence-electron chi connectivity index (χ0n) is 12.3. The van der Waals surface area contributed by atoms with E-state index in [1.165, 1.54) is 12.1 Å². The van der Waals surface area contributed by atoms with Crippen molar-refractivity contribution in [3.63, 3.8) is 0 Å². The first-order valence-electron chi connectivity index (χ1n) is 7.12. The van der Waals surface area contributed by atoms with Crippen LogP contribution in [0.15, 0.2) is 48.5 Å². The zero-order chi connectivity index (χ0) is 15.5. The second-order valence-electron chi connectivity index (χ2n) is 5.09. The van der Waals surface area contributed by atoms with Crippen molar-refractivity contribution in [1.82, 2.24) is 4.57 Å². The Kier molecular flexibility index (Phi) is 3.92. The smallest absolute Gasteiger partial charge is 0.152 e. The number of ether oxygens (including phenoxy) is 1. The summed E-state index contributed by atoms with van der Waals surface area (Å²) in [6, 6.07) is 13.9. The van der Waals surface area contributed by atoms with Crippen molar-refractivity contribution in [3.05, 3.63) is 65.6 Å². The van der Waals surface area contributed by atoms with Crippen molar-refractivity contribution in [2.24, 2.45) is 0 Å². The number of carbonyl (C=O) groups is 1. The molecular weight excluding hydrogens is 281 g/mol. The number of hydrogen-bond donors (Lipinski definition) is 0. The highest BCUT2D eigenvalue weighted by Gasteiger charge is 2.12. The molecular formula is C18H16FNO2. The molecule has 1 aromatic heterocycles. The number of nitrogens with zero attached hydrogens (tertiary/aromatic N) is 1. The summed E-state index contributed by atoms with van der Waals surface area (Å²) in [7, 11) is 0. The second-order valence-corrected chi connectivity index (χ2v) is 5.09. The molecule has 112 valence electrons. The predicted molar refractivity (Wildman–Crippen MR) is 84.0 cm³/mol. The molecule has 0 fully saturated rings. The summed E-state index contributed by atoms with van der Waals surface area (Å²) in [6.45, 7) is 2.92. The molecule has 4 heteroatoms. The van der Waals surface area contributed by atoms with Crippen LogP contribution >= 0.6 is 0 Å². The Labute approximate surface area is 127 Å². The first-order chi connectivity index (χ1) is 10.7. The topological polar surface area (TPSA) is 31.2 Å². The van der Waals surface area contributed by atoms with Gasteiger partial charge >= 0.3 is 0 Å². The van der Waals surface area contributed by atoms with E-state index in [2.05, 4.69) is 4.57 Å². The lowest BCUT2D eigenvalue weighted by molar-refractivity contribution is 0.112. The fourth-order valence-corrected chi connectivity index (χ4v) is 2.71. The van der Waals surface area contributed by atoms with E-state index >= 15 is 0 Å². The third-order valence-electron chi connectivity index (χ3n) is 3.78. The SMILES string of the molecule is Cc1c(C=O)c2ccccc2n1CCOc1cccc(F)c1. The maximum Gasteiger partial charge on any atom is 0.152 e. The number of halogens is 1. The Hall–Kier alpha value is -2.62. The third-order valence-corrected chi connectivity index (χ3v) is 3.78. The van der Waals surface area contributed by atoms with Crippen LogP contribution < -0.4 is 4.74 Å². The summed E-state index contributed by atoms with van der Waals surface area (Å²) in [5.74, 6) is 0.188. The molecule has 0 aliphatic carbocycles. The number of hydrogen-bond acceptors (Lipinski definition) is 2. The number of aromatic nitrogens is 1. The summed E-state index contributed by atoms with van der Waals surface area (Å²) < 4.78 is 20.8. The van der Waals surface area contributed by atoms with Crippen molar-refractivity contribution < 1.29 is 13.9 Å². The summed E-state index contributed by atoms with van der Waals surface area (Å²) >= 11 is 0. The van der Waals surface area contributed by atoms with Crippen LogP contribution in [0, 0.1) is 12.7 Å². The fraction of sp³-hybridized carbons (Fsp3) is 0.167. The highest BCUT2D eigenvalue weighted by molar-refractivity contribution is 5.99. The molecule has 2 aromatic carbocycles. The van der Waals surface area contributed by atoms with Crippen LogP contribution in [0.1, 0.15) is 16.1 Å². The van der Waals surface area contributed by atoms with Gasteiger partial charge in [0.2, 0.25) is 0 Å². The van der Waals surface area contributed by atoms with Crippen LogP contribution in [0.4, 0.5) is 4.39 Å².